The van der Waals surface area contributed by atoms with Gasteiger partial charge in [0.25, 0.3) is 0 Å². The second-order valence-electron chi connectivity index (χ2n) is 6.08. The monoisotopic (exact) mass is 260 g/mol. The summed E-state index contributed by atoms with van der Waals surface area (Å²) in [5, 5.41) is 0. The molecular weight excluding hydrogens is 236 g/mol. The number of fused-ring (bicyclic) bond motifs is 2. The van der Waals surface area contributed by atoms with E-state index in [0.717, 1.165) is 24.6 Å². The van der Waals surface area contributed by atoms with Crippen molar-refractivity contribution in [1.29, 1.82) is 0 Å². The van der Waals surface area contributed by atoms with Crippen molar-refractivity contribution in [3.05, 3.63) is 29.8 Å². The van der Waals surface area contributed by atoms with Crippen LogP contribution in [0.4, 0.5) is 0 Å². The third-order valence-electron chi connectivity index (χ3n) is 5.09. The molecule has 3 nitrogen and oxygen atoms in total. The minimum atomic E-state index is 0.347. The highest BCUT2D eigenvalue weighted by molar-refractivity contribution is 5.29. The van der Waals surface area contributed by atoms with Gasteiger partial charge in [-0.3, -0.25) is 0 Å². The van der Waals surface area contributed by atoms with Gasteiger partial charge in [-0.05, 0) is 56.3 Å². The molecule has 2 heterocycles. The lowest BCUT2D eigenvalue weighted by Gasteiger charge is -2.41. The number of ether oxygens (including phenoxy) is 1. The van der Waals surface area contributed by atoms with Crippen molar-refractivity contribution >= 4 is 0 Å². The molecule has 2 saturated heterocycles. The summed E-state index contributed by atoms with van der Waals surface area (Å²) in [6.07, 6.45) is 4.86. The minimum Gasteiger partial charge on any atom is -0.497 e. The lowest BCUT2D eigenvalue weighted by Crippen LogP contribution is -2.53. The van der Waals surface area contributed by atoms with Crippen LogP contribution < -0.4 is 10.5 Å². The molecule has 2 aliphatic rings. The van der Waals surface area contributed by atoms with Crippen molar-refractivity contribution in [3.63, 3.8) is 0 Å². The van der Waals surface area contributed by atoms with Gasteiger partial charge in [-0.2, -0.15) is 0 Å². The van der Waals surface area contributed by atoms with Crippen LogP contribution in [0.3, 0.4) is 0 Å². The molecule has 2 fully saturated rings. The van der Waals surface area contributed by atoms with E-state index in [1.54, 1.807) is 7.11 Å². The SMILES string of the molecule is COc1cccc(C[C@H]2[C@H](N)C[C@H]3CC[C@H]2N3C)c1. The highest BCUT2D eigenvalue weighted by Gasteiger charge is 2.43. The standard InChI is InChI=1S/C16H24N2O/c1-18-12-6-7-16(18)14(15(17)10-12)9-11-4-3-5-13(8-11)19-2/h3-5,8,12,14-16H,6-7,9-10,17H2,1-2H3/t12-,14+,15-,16-/m1/s1. The zero-order valence-corrected chi connectivity index (χ0v) is 11.9. The van der Waals surface area contributed by atoms with Gasteiger partial charge >= 0.3 is 0 Å². The molecule has 0 unspecified atom stereocenters. The molecule has 0 aliphatic carbocycles. The van der Waals surface area contributed by atoms with E-state index in [1.807, 2.05) is 6.07 Å². The molecule has 2 bridgehead atoms. The molecule has 0 amide bonds. The summed E-state index contributed by atoms with van der Waals surface area (Å²) in [7, 11) is 3.99. The lowest BCUT2D eigenvalue weighted by molar-refractivity contribution is 0.102. The predicted molar refractivity (Wildman–Crippen MR) is 77.4 cm³/mol. The Kier molecular flexibility index (Phi) is 3.50. The van der Waals surface area contributed by atoms with E-state index in [0.29, 0.717) is 18.0 Å². The molecule has 2 aliphatic heterocycles. The molecule has 0 saturated carbocycles. The molecule has 0 radical (unpaired) electrons. The van der Waals surface area contributed by atoms with Crippen molar-refractivity contribution in [2.45, 2.75) is 43.8 Å². The van der Waals surface area contributed by atoms with Gasteiger partial charge in [-0.25, -0.2) is 0 Å². The molecular formula is C16H24N2O. The second-order valence-corrected chi connectivity index (χ2v) is 6.08. The van der Waals surface area contributed by atoms with Crippen LogP contribution in [0.2, 0.25) is 0 Å². The van der Waals surface area contributed by atoms with Crippen LogP contribution in [0, 0.1) is 5.92 Å². The fourth-order valence-corrected chi connectivity index (χ4v) is 3.97. The zero-order chi connectivity index (χ0) is 13.4. The maximum Gasteiger partial charge on any atom is 0.119 e. The summed E-state index contributed by atoms with van der Waals surface area (Å²) in [4.78, 5) is 2.56. The number of benzene rings is 1. The molecule has 0 aromatic heterocycles. The van der Waals surface area contributed by atoms with E-state index in [1.165, 1.54) is 18.4 Å². The minimum absolute atomic E-state index is 0.347. The first-order valence-corrected chi connectivity index (χ1v) is 7.29. The van der Waals surface area contributed by atoms with Crippen molar-refractivity contribution in [1.82, 2.24) is 4.90 Å². The van der Waals surface area contributed by atoms with Crippen LogP contribution in [0.25, 0.3) is 0 Å². The Morgan fingerprint density at radius 1 is 1.37 bits per heavy atom. The van der Waals surface area contributed by atoms with E-state index >= 15 is 0 Å². The van der Waals surface area contributed by atoms with Crippen LogP contribution in [-0.4, -0.2) is 37.2 Å². The third kappa shape index (κ3) is 2.37. The molecule has 104 valence electrons. The summed E-state index contributed by atoms with van der Waals surface area (Å²) >= 11 is 0. The Bertz CT molecular complexity index is 448. The van der Waals surface area contributed by atoms with Crippen molar-refractivity contribution in [3.8, 4) is 5.75 Å². The number of hydrogen-bond acceptors (Lipinski definition) is 3. The summed E-state index contributed by atoms with van der Waals surface area (Å²) in [5.41, 5.74) is 7.77. The number of methoxy groups -OCH3 is 1. The summed E-state index contributed by atoms with van der Waals surface area (Å²) in [6, 6.07) is 10.1. The first-order valence-electron chi connectivity index (χ1n) is 7.29. The molecule has 3 heteroatoms. The Hall–Kier alpha value is -1.06. The first-order chi connectivity index (χ1) is 9.19. The number of nitrogens with two attached hydrogens (primary N) is 1. The van der Waals surface area contributed by atoms with Gasteiger partial charge in [0.05, 0.1) is 7.11 Å². The topological polar surface area (TPSA) is 38.5 Å². The molecule has 3 rings (SSSR count). The Labute approximate surface area is 115 Å². The zero-order valence-electron chi connectivity index (χ0n) is 11.9. The summed E-state index contributed by atoms with van der Waals surface area (Å²) in [6.45, 7) is 0. The Balaban J connectivity index is 1.77. The number of piperidine rings is 1. The summed E-state index contributed by atoms with van der Waals surface area (Å²) < 4.78 is 5.31. The van der Waals surface area contributed by atoms with E-state index in [2.05, 4.69) is 30.1 Å². The van der Waals surface area contributed by atoms with E-state index < -0.39 is 0 Å². The fraction of sp³-hybridized carbons (Fsp3) is 0.625. The maximum atomic E-state index is 6.42. The molecule has 4 atom stereocenters. The van der Waals surface area contributed by atoms with Gasteiger partial charge in [-0.15, -0.1) is 0 Å². The van der Waals surface area contributed by atoms with Crippen molar-refractivity contribution in [2.24, 2.45) is 11.7 Å². The van der Waals surface area contributed by atoms with Crippen molar-refractivity contribution in [2.75, 3.05) is 14.2 Å². The van der Waals surface area contributed by atoms with Crippen LogP contribution >= 0.6 is 0 Å². The smallest absolute Gasteiger partial charge is 0.119 e. The van der Waals surface area contributed by atoms with Crippen LogP contribution in [0.15, 0.2) is 24.3 Å². The highest BCUT2D eigenvalue weighted by Crippen LogP contribution is 2.39. The molecule has 1 aromatic carbocycles. The van der Waals surface area contributed by atoms with Crippen LogP contribution in [0.1, 0.15) is 24.8 Å². The number of nitrogens with zero attached hydrogens (tertiary/aromatic N) is 1. The quantitative estimate of drug-likeness (QED) is 0.904. The van der Waals surface area contributed by atoms with Gasteiger partial charge < -0.3 is 15.4 Å². The van der Waals surface area contributed by atoms with Gasteiger partial charge in [-0.1, -0.05) is 12.1 Å². The lowest BCUT2D eigenvalue weighted by atomic mass is 9.82. The van der Waals surface area contributed by atoms with Crippen LogP contribution in [0.5, 0.6) is 5.75 Å². The van der Waals surface area contributed by atoms with Gasteiger partial charge in [0.2, 0.25) is 0 Å². The molecule has 19 heavy (non-hydrogen) atoms. The van der Waals surface area contributed by atoms with Gasteiger partial charge in [0.1, 0.15) is 5.75 Å². The maximum absolute atomic E-state index is 6.42. The Morgan fingerprint density at radius 2 is 2.21 bits per heavy atom. The van der Waals surface area contributed by atoms with Crippen LogP contribution in [-0.2, 0) is 6.42 Å². The van der Waals surface area contributed by atoms with Gasteiger partial charge in [0.15, 0.2) is 0 Å². The Morgan fingerprint density at radius 3 is 3.00 bits per heavy atom. The fourth-order valence-electron chi connectivity index (χ4n) is 3.97. The van der Waals surface area contributed by atoms with E-state index in [9.17, 15) is 0 Å². The average Bonchev–Trinajstić information content (AvgIpc) is 2.68. The second kappa shape index (κ2) is 5.14. The largest absolute Gasteiger partial charge is 0.497 e. The van der Waals surface area contributed by atoms with E-state index in [-0.39, 0.29) is 0 Å². The molecule has 0 spiro atoms. The number of hydrogen-bond donors (Lipinski definition) is 1. The van der Waals surface area contributed by atoms with Crippen molar-refractivity contribution < 1.29 is 4.74 Å². The van der Waals surface area contributed by atoms with Gasteiger partial charge in [0, 0.05) is 18.1 Å². The summed E-state index contributed by atoms with van der Waals surface area (Å²) in [5.74, 6) is 1.52. The normalized spacial score (nSPS) is 34.5. The van der Waals surface area contributed by atoms with E-state index in [4.69, 9.17) is 10.5 Å². The molecule has 2 N–H and O–H groups in total. The third-order valence-corrected chi connectivity index (χ3v) is 5.09. The highest BCUT2D eigenvalue weighted by atomic mass is 16.5. The molecule has 1 aromatic rings. The first kappa shape index (κ1) is 12.9. The average molecular weight is 260 g/mol. The predicted octanol–water partition coefficient (Wildman–Crippen LogP) is 2.05. The number of rotatable bonds is 3.